The number of imide groups is 1. The van der Waals surface area contributed by atoms with Crippen LogP contribution in [-0.2, 0) is 19.8 Å². The van der Waals surface area contributed by atoms with Gasteiger partial charge < -0.3 is 4.74 Å². The first-order chi connectivity index (χ1) is 15.5. The molecule has 5 nitrogen and oxygen atoms in total. The number of methoxy groups -OCH3 is 1. The molecule has 1 fully saturated rings. The number of benzene rings is 3. The van der Waals surface area contributed by atoms with E-state index in [1.54, 1.807) is 38.3 Å². The highest BCUT2D eigenvalue weighted by molar-refractivity contribution is 6.25. The molecule has 158 valence electrons. The van der Waals surface area contributed by atoms with Crippen LogP contribution in [-0.4, -0.2) is 24.7 Å². The van der Waals surface area contributed by atoms with Gasteiger partial charge in [-0.05, 0) is 41.3 Å². The number of carbonyl (C=O) groups is 3. The zero-order valence-electron chi connectivity index (χ0n) is 17.7. The van der Waals surface area contributed by atoms with E-state index < -0.39 is 17.3 Å². The van der Waals surface area contributed by atoms with Crippen LogP contribution in [0.25, 0.3) is 0 Å². The predicted octanol–water partition coefficient (Wildman–Crippen LogP) is 3.84. The third-order valence-electron chi connectivity index (χ3n) is 7.48. The molecule has 2 bridgehead atoms. The number of ketones is 1. The van der Waals surface area contributed by atoms with Gasteiger partial charge in [0.05, 0.1) is 30.0 Å². The van der Waals surface area contributed by atoms with Crippen molar-refractivity contribution in [3.63, 3.8) is 0 Å². The Morgan fingerprint density at radius 2 is 1.50 bits per heavy atom. The molecule has 1 aliphatic heterocycles. The minimum atomic E-state index is -1.17. The highest BCUT2D eigenvalue weighted by Crippen LogP contribution is 2.64. The minimum absolute atomic E-state index is 0.112. The number of nitrogens with zero attached hydrogens (tertiary/aromatic N) is 1. The smallest absolute Gasteiger partial charge is 0.239 e. The molecule has 1 heterocycles. The maximum absolute atomic E-state index is 14.0. The van der Waals surface area contributed by atoms with Gasteiger partial charge in [-0.15, -0.1) is 0 Å². The third-order valence-corrected chi connectivity index (χ3v) is 7.48. The number of anilines is 1. The highest BCUT2D eigenvalue weighted by Gasteiger charge is 2.69. The second-order valence-corrected chi connectivity index (χ2v) is 8.73. The first-order valence-electron chi connectivity index (χ1n) is 10.7. The van der Waals surface area contributed by atoms with Crippen LogP contribution in [0.4, 0.5) is 5.69 Å². The van der Waals surface area contributed by atoms with E-state index in [4.69, 9.17) is 4.74 Å². The number of hydrogen-bond acceptors (Lipinski definition) is 4. The van der Waals surface area contributed by atoms with Crippen LogP contribution >= 0.6 is 0 Å². The van der Waals surface area contributed by atoms with Crippen molar-refractivity contribution >= 4 is 23.3 Å². The maximum atomic E-state index is 14.0. The summed E-state index contributed by atoms with van der Waals surface area (Å²) in [7, 11) is 1.55. The zero-order chi connectivity index (χ0) is 22.2. The molecule has 0 N–H and O–H groups in total. The summed E-state index contributed by atoms with van der Waals surface area (Å²) in [6.45, 7) is 1.54. The first kappa shape index (κ1) is 19.0. The van der Waals surface area contributed by atoms with Crippen LogP contribution in [0.2, 0.25) is 0 Å². The molecular formula is C27H21NO4. The lowest BCUT2D eigenvalue weighted by Crippen LogP contribution is -2.57. The molecule has 2 amide bonds. The standard InChI is InChI=1S/C27H21NO4/c1-15(29)27-20-12-5-3-10-18(20)22(19-11-4-6-13-21(19)27)23-24(27)26(31)28(25(23)30)16-8-7-9-17(14-16)32-2/h3-14,22-24H,1-2H3. The molecule has 2 atom stereocenters. The number of amides is 2. The van der Waals surface area contributed by atoms with Crippen molar-refractivity contribution in [2.24, 2.45) is 11.8 Å². The Hall–Kier alpha value is -3.73. The summed E-state index contributed by atoms with van der Waals surface area (Å²) in [5.41, 5.74) is 2.94. The molecule has 1 saturated heterocycles. The third kappa shape index (κ3) is 2.06. The molecule has 3 aliphatic carbocycles. The van der Waals surface area contributed by atoms with Crippen molar-refractivity contribution < 1.29 is 19.1 Å². The van der Waals surface area contributed by atoms with Crippen LogP contribution < -0.4 is 9.64 Å². The second-order valence-electron chi connectivity index (χ2n) is 8.73. The zero-order valence-corrected chi connectivity index (χ0v) is 17.7. The maximum Gasteiger partial charge on any atom is 0.239 e. The summed E-state index contributed by atoms with van der Waals surface area (Å²) in [6.07, 6.45) is 0. The number of rotatable bonds is 3. The molecule has 5 heteroatoms. The molecular weight excluding hydrogens is 402 g/mol. The van der Waals surface area contributed by atoms with Crippen LogP contribution in [0.3, 0.4) is 0 Å². The van der Waals surface area contributed by atoms with E-state index >= 15 is 0 Å². The molecule has 7 rings (SSSR count). The van der Waals surface area contributed by atoms with E-state index in [0.717, 1.165) is 22.3 Å². The van der Waals surface area contributed by atoms with Gasteiger partial charge in [-0.1, -0.05) is 54.6 Å². The molecule has 0 saturated carbocycles. The molecule has 32 heavy (non-hydrogen) atoms. The Kier molecular flexibility index (Phi) is 3.79. The average molecular weight is 423 g/mol. The van der Waals surface area contributed by atoms with Crippen molar-refractivity contribution in [3.8, 4) is 5.75 Å². The van der Waals surface area contributed by atoms with Crippen LogP contribution in [0.1, 0.15) is 35.1 Å². The Bertz CT molecular complexity index is 1280. The Morgan fingerprint density at radius 3 is 2.09 bits per heavy atom. The molecule has 0 spiro atoms. The molecule has 3 aromatic carbocycles. The fourth-order valence-electron chi connectivity index (χ4n) is 6.37. The van der Waals surface area contributed by atoms with Crippen molar-refractivity contribution in [2.45, 2.75) is 18.3 Å². The van der Waals surface area contributed by atoms with E-state index in [1.807, 2.05) is 48.5 Å². The largest absolute Gasteiger partial charge is 0.497 e. The molecule has 4 aliphatic rings. The Balaban J connectivity index is 1.65. The van der Waals surface area contributed by atoms with Crippen LogP contribution in [0.15, 0.2) is 72.8 Å². The number of Topliss-reactive ketones (excluding diaryl/α,β-unsaturated/α-hetero) is 1. The van der Waals surface area contributed by atoms with Crippen molar-refractivity contribution in [3.05, 3.63) is 95.1 Å². The summed E-state index contributed by atoms with van der Waals surface area (Å²) >= 11 is 0. The van der Waals surface area contributed by atoms with Gasteiger partial charge in [0.15, 0.2) is 0 Å². The quantitative estimate of drug-likeness (QED) is 0.601. The predicted molar refractivity (Wildman–Crippen MR) is 119 cm³/mol. The van der Waals surface area contributed by atoms with E-state index in [1.165, 1.54) is 4.90 Å². The lowest BCUT2D eigenvalue weighted by molar-refractivity contribution is -0.132. The van der Waals surface area contributed by atoms with Gasteiger partial charge in [0, 0.05) is 12.0 Å². The number of carbonyl (C=O) groups excluding carboxylic acids is 3. The summed E-state index contributed by atoms with van der Waals surface area (Å²) in [5, 5.41) is 0. The monoisotopic (exact) mass is 423 g/mol. The van der Waals surface area contributed by atoms with Gasteiger partial charge >= 0.3 is 0 Å². The SMILES string of the molecule is COc1cccc(N2C(=O)C3C4c5ccccc5C(C(C)=O)(c5ccccc54)C3C2=O)c1. The normalized spacial score (nSPS) is 27.1. The summed E-state index contributed by atoms with van der Waals surface area (Å²) in [6, 6.07) is 22.5. The molecule has 2 unspecified atom stereocenters. The van der Waals surface area contributed by atoms with E-state index in [-0.39, 0.29) is 23.5 Å². The lowest BCUT2D eigenvalue weighted by Gasteiger charge is -2.52. The van der Waals surface area contributed by atoms with Gasteiger partial charge in [-0.2, -0.15) is 0 Å². The van der Waals surface area contributed by atoms with Gasteiger partial charge in [0.2, 0.25) is 11.8 Å². The topological polar surface area (TPSA) is 63.7 Å². The van der Waals surface area contributed by atoms with Gasteiger partial charge in [0.1, 0.15) is 11.5 Å². The van der Waals surface area contributed by atoms with Crippen molar-refractivity contribution in [2.75, 3.05) is 12.0 Å². The highest BCUT2D eigenvalue weighted by atomic mass is 16.5. The molecule has 3 aromatic rings. The Morgan fingerprint density at radius 1 is 0.875 bits per heavy atom. The molecule has 0 radical (unpaired) electrons. The van der Waals surface area contributed by atoms with E-state index in [2.05, 4.69) is 0 Å². The van der Waals surface area contributed by atoms with E-state index in [0.29, 0.717) is 11.4 Å². The van der Waals surface area contributed by atoms with E-state index in [9.17, 15) is 14.4 Å². The van der Waals surface area contributed by atoms with Gasteiger partial charge in [0.25, 0.3) is 0 Å². The minimum Gasteiger partial charge on any atom is -0.497 e. The number of ether oxygens (including phenoxy) is 1. The average Bonchev–Trinajstić information content (AvgIpc) is 3.09. The molecule has 0 aromatic heterocycles. The van der Waals surface area contributed by atoms with Crippen molar-refractivity contribution in [1.29, 1.82) is 0 Å². The van der Waals surface area contributed by atoms with Crippen LogP contribution in [0.5, 0.6) is 5.75 Å². The lowest BCUT2D eigenvalue weighted by atomic mass is 9.46. The van der Waals surface area contributed by atoms with Gasteiger partial charge in [-0.25, -0.2) is 4.90 Å². The summed E-state index contributed by atoms with van der Waals surface area (Å²) < 4.78 is 5.31. The Labute approximate surface area is 185 Å². The fourth-order valence-corrected chi connectivity index (χ4v) is 6.37. The number of hydrogen-bond donors (Lipinski definition) is 0. The van der Waals surface area contributed by atoms with Crippen LogP contribution in [0, 0.1) is 11.8 Å². The fraction of sp³-hybridized carbons (Fsp3) is 0.222. The second kappa shape index (κ2) is 6.39. The summed E-state index contributed by atoms with van der Waals surface area (Å²) in [5.74, 6) is -1.78. The van der Waals surface area contributed by atoms with Gasteiger partial charge in [-0.3, -0.25) is 14.4 Å². The van der Waals surface area contributed by atoms with Crippen molar-refractivity contribution in [1.82, 2.24) is 0 Å². The summed E-state index contributed by atoms with van der Waals surface area (Å²) in [4.78, 5) is 42.7. The first-order valence-corrected chi connectivity index (χ1v) is 10.7.